The molecule has 0 spiro atoms. The van der Waals surface area contributed by atoms with Gasteiger partial charge in [0.2, 0.25) is 10.0 Å². The van der Waals surface area contributed by atoms with E-state index in [1.807, 2.05) is 0 Å². The van der Waals surface area contributed by atoms with Crippen molar-refractivity contribution in [1.29, 1.82) is 0 Å². The minimum absolute atomic E-state index is 0.138. The molecular weight excluding hydrogens is 344 g/mol. The van der Waals surface area contributed by atoms with Crippen molar-refractivity contribution in [3.8, 4) is 0 Å². The van der Waals surface area contributed by atoms with Crippen LogP contribution in [0.1, 0.15) is 61.5 Å². The van der Waals surface area contributed by atoms with E-state index >= 15 is 0 Å². The Bertz CT molecular complexity index is 670. The van der Waals surface area contributed by atoms with Crippen LogP contribution >= 0.6 is 11.3 Å². The molecule has 0 atom stereocenters. The Morgan fingerprint density at radius 3 is 2.50 bits per heavy atom. The largest absolute Gasteiger partial charge is 0.349 e. The summed E-state index contributed by atoms with van der Waals surface area (Å²) in [5, 5.41) is 4.65. The second kappa shape index (κ2) is 7.54. The fourth-order valence-electron chi connectivity index (χ4n) is 3.45. The molecule has 1 saturated heterocycles. The van der Waals surface area contributed by atoms with Gasteiger partial charge in [-0.3, -0.25) is 4.79 Å². The van der Waals surface area contributed by atoms with E-state index < -0.39 is 10.0 Å². The maximum Gasteiger partial charge on any atom is 0.261 e. The lowest BCUT2D eigenvalue weighted by atomic mass is 9.95. The molecule has 1 amide bonds. The topological polar surface area (TPSA) is 66.5 Å². The van der Waals surface area contributed by atoms with Crippen molar-refractivity contribution in [3.05, 3.63) is 16.3 Å². The van der Waals surface area contributed by atoms with Crippen LogP contribution < -0.4 is 5.32 Å². The second-order valence-electron chi connectivity index (χ2n) is 7.04. The van der Waals surface area contributed by atoms with Crippen LogP contribution in [0.4, 0.5) is 0 Å². The lowest BCUT2D eigenvalue weighted by Gasteiger charge is -2.29. The summed E-state index contributed by atoms with van der Waals surface area (Å²) < 4.78 is 27.0. The summed E-state index contributed by atoms with van der Waals surface area (Å²) in [6.45, 7) is 3.30. The van der Waals surface area contributed by atoms with Crippen LogP contribution in [-0.2, 0) is 10.0 Å². The molecule has 5 nitrogen and oxygen atoms in total. The molecule has 24 heavy (non-hydrogen) atoms. The van der Waals surface area contributed by atoms with Gasteiger partial charge < -0.3 is 5.32 Å². The van der Waals surface area contributed by atoms with Crippen molar-refractivity contribution in [3.63, 3.8) is 0 Å². The Balaban J connectivity index is 1.66. The quantitative estimate of drug-likeness (QED) is 0.885. The molecule has 134 valence electrons. The summed E-state index contributed by atoms with van der Waals surface area (Å²) >= 11 is 1.22. The van der Waals surface area contributed by atoms with Crippen LogP contribution in [0.5, 0.6) is 0 Å². The molecular formula is C17H26N2O3S2. The monoisotopic (exact) mass is 370 g/mol. The Labute approximate surface area is 148 Å². The number of thiophene rings is 1. The van der Waals surface area contributed by atoms with E-state index in [1.165, 1.54) is 23.8 Å². The lowest BCUT2D eigenvalue weighted by molar-refractivity contribution is 0.0931. The minimum atomic E-state index is -3.47. The first-order chi connectivity index (χ1) is 11.5. The summed E-state index contributed by atoms with van der Waals surface area (Å²) in [4.78, 5) is 13.1. The molecule has 2 aliphatic rings. The number of carbonyl (C=O) groups excluding carboxylic acids is 1. The van der Waals surface area contributed by atoms with Gasteiger partial charge in [-0.2, -0.15) is 4.31 Å². The SMILES string of the molecule is CC1CCN(S(=O)(=O)c2csc(C(=O)NC3CCCCC3)c2)CC1. The maximum atomic E-state index is 12.7. The number of carbonyl (C=O) groups is 1. The molecule has 0 bridgehead atoms. The predicted molar refractivity (Wildman–Crippen MR) is 95.8 cm³/mol. The number of sulfonamides is 1. The van der Waals surface area contributed by atoms with Gasteiger partial charge in [-0.1, -0.05) is 26.2 Å². The van der Waals surface area contributed by atoms with Gasteiger partial charge in [0.05, 0.1) is 9.77 Å². The van der Waals surface area contributed by atoms with Crippen LogP contribution in [-0.4, -0.2) is 37.8 Å². The number of rotatable bonds is 4. The van der Waals surface area contributed by atoms with Crippen molar-refractivity contribution in [2.75, 3.05) is 13.1 Å². The molecule has 2 heterocycles. The average molecular weight is 371 g/mol. The fourth-order valence-corrected chi connectivity index (χ4v) is 6.08. The van der Waals surface area contributed by atoms with Crippen molar-refractivity contribution in [2.24, 2.45) is 5.92 Å². The molecule has 1 aromatic rings. The van der Waals surface area contributed by atoms with E-state index in [-0.39, 0.29) is 16.8 Å². The number of hydrogen-bond acceptors (Lipinski definition) is 4. The van der Waals surface area contributed by atoms with Crippen LogP contribution in [0.3, 0.4) is 0 Å². The average Bonchev–Trinajstić information content (AvgIpc) is 3.07. The molecule has 1 aliphatic heterocycles. The molecule has 1 N–H and O–H groups in total. The van der Waals surface area contributed by atoms with Gasteiger partial charge in [-0.15, -0.1) is 11.3 Å². The van der Waals surface area contributed by atoms with Crippen molar-refractivity contribution in [1.82, 2.24) is 9.62 Å². The van der Waals surface area contributed by atoms with Crippen LogP contribution in [0.25, 0.3) is 0 Å². The molecule has 1 saturated carbocycles. The van der Waals surface area contributed by atoms with E-state index in [4.69, 9.17) is 0 Å². The second-order valence-corrected chi connectivity index (χ2v) is 9.89. The van der Waals surface area contributed by atoms with Crippen LogP contribution in [0, 0.1) is 5.92 Å². The first kappa shape index (κ1) is 17.9. The first-order valence-corrected chi connectivity index (χ1v) is 11.2. The molecule has 2 fully saturated rings. The van der Waals surface area contributed by atoms with Gasteiger partial charge in [-0.05, 0) is 37.7 Å². The third-order valence-corrected chi connectivity index (χ3v) is 8.07. The van der Waals surface area contributed by atoms with Gasteiger partial charge >= 0.3 is 0 Å². The molecule has 1 aromatic heterocycles. The van der Waals surface area contributed by atoms with Crippen molar-refractivity contribution >= 4 is 27.3 Å². The molecule has 3 rings (SSSR count). The van der Waals surface area contributed by atoms with E-state index in [1.54, 1.807) is 9.69 Å². The Morgan fingerprint density at radius 2 is 1.83 bits per heavy atom. The Morgan fingerprint density at radius 1 is 1.17 bits per heavy atom. The van der Waals surface area contributed by atoms with Gasteiger partial charge in [0.1, 0.15) is 0 Å². The zero-order valence-corrected chi connectivity index (χ0v) is 15.8. The maximum absolute atomic E-state index is 12.7. The summed E-state index contributed by atoms with van der Waals surface area (Å²) in [6, 6.07) is 1.77. The summed E-state index contributed by atoms with van der Waals surface area (Å²) in [5.41, 5.74) is 0. The Kier molecular flexibility index (Phi) is 5.62. The third kappa shape index (κ3) is 4.00. The third-order valence-electron chi connectivity index (χ3n) is 5.12. The highest BCUT2D eigenvalue weighted by Gasteiger charge is 2.29. The number of piperidine rings is 1. The first-order valence-electron chi connectivity index (χ1n) is 8.86. The van der Waals surface area contributed by atoms with Crippen LogP contribution in [0.15, 0.2) is 16.3 Å². The summed E-state index contributed by atoms with van der Waals surface area (Å²) in [7, 11) is -3.47. The number of nitrogens with one attached hydrogen (secondary N) is 1. The van der Waals surface area contributed by atoms with Gasteiger partial charge in [0.25, 0.3) is 5.91 Å². The van der Waals surface area contributed by atoms with E-state index in [0.717, 1.165) is 38.5 Å². The highest BCUT2D eigenvalue weighted by Crippen LogP contribution is 2.27. The normalized spacial score (nSPS) is 21.7. The lowest BCUT2D eigenvalue weighted by Crippen LogP contribution is -2.37. The highest BCUT2D eigenvalue weighted by atomic mass is 32.2. The van der Waals surface area contributed by atoms with Gasteiger partial charge in [-0.25, -0.2) is 8.42 Å². The molecule has 1 aliphatic carbocycles. The smallest absolute Gasteiger partial charge is 0.261 e. The summed E-state index contributed by atoms with van der Waals surface area (Å²) in [5.74, 6) is 0.441. The van der Waals surface area contributed by atoms with E-state index in [9.17, 15) is 13.2 Å². The number of amides is 1. The molecule has 0 unspecified atom stereocenters. The number of nitrogens with zero attached hydrogens (tertiary/aromatic N) is 1. The summed E-state index contributed by atoms with van der Waals surface area (Å²) in [6.07, 6.45) is 7.40. The Hall–Kier alpha value is -0.920. The predicted octanol–water partition coefficient (Wildman–Crippen LogP) is 3.23. The van der Waals surface area contributed by atoms with Crippen molar-refractivity contribution < 1.29 is 13.2 Å². The molecule has 0 radical (unpaired) electrons. The zero-order valence-electron chi connectivity index (χ0n) is 14.2. The molecule has 7 heteroatoms. The fraction of sp³-hybridized carbons (Fsp3) is 0.706. The standard InChI is InChI=1S/C17H26N2O3S2/c1-13-7-9-19(10-8-13)24(21,22)15-11-16(23-12-15)17(20)18-14-5-3-2-4-6-14/h11-14H,2-10H2,1H3,(H,18,20). The highest BCUT2D eigenvalue weighted by molar-refractivity contribution is 7.89. The minimum Gasteiger partial charge on any atom is -0.349 e. The molecule has 0 aromatic carbocycles. The van der Waals surface area contributed by atoms with E-state index in [2.05, 4.69) is 12.2 Å². The van der Waals surface area contributed by atoms with Gasteiger partial charge in [0, 0.05) is 24.5 Å². The zero-order chi connectivity index (χ0) is 17.2. The number of hydrogen-bond donors (Lipinski definition) is 1. The van der Waals surface area contributed by atoms with Gasteiger partial charge in [0.15, 0.2) is 0 Å². The van der Waals surface area contributed by atoms with E-state index in [0.29, 0.717) is 23.9 Å². The van der Waals surface area contributed by atoms with Crippen molar-refractivity contribution in [2.45, 2.75) is 62.8 Å². The van der Waals surface area contributed by atoms with Crippen LogP contribution in [0.2, 0.25) is 0 Å².